The summed E-state index contributed by atoms with van der Waals surface area (Å²) in [6.07, 6.45) is 4.52. The Balaban J connectivity index is 2.60. The van der Waals surface area contributed by atoms with Gasteiger partial charge in [-0.15, -0.1) is 0 Å². The van der Waals surface area contributed by atoms with Crippen LogP contribution in [0.25, 0.3) is 0 Å². The first-order chi connectivity index (χ1) is 4.52. The molecule has 0 unspecified atom stereocenters. The van der Waals surface area contributed by atoms with E-state index in [0.29, 0.717) is 11.6 Å². The maximum atomic E-state index is 2.48. The van der Waals surface area contributed by atoms with Crippen LogP contribution in [0.2, 0.25) is 0 Å². The van der Waals surface area contributed by atoms with E-state index in [1.807, 2.05) is 0 Å². The molecule has 10 heavy (non-hydrogen) atoms. The molecule has 0 bridgehead atoms. The first-order valence-corrected chi connectivity index (χ1v) is 3.95. The van der Waals surface area contributed by atoms with E-state index in [9.17, 15) is 0 Å². The molecule has 1 aliphatic heterocycles. The molecule has 0 saturated heterocycles. The van der Waals surface area contributed by atoms with E-state index in [0.717, 1.165) is 6.54 Å². The molecule has 0 spiro atoms. The standard InChI is InChI=1S/C9H17N/c1-8-6-5-7-10(8)9(2,3)4/h5-6,8H,7H2,1-4H3/t8-/m1/s1. The van der Waals surface area contributed by atoms with Crippen molar-refractivity contribution >= 4 is 0 Å². The van der Waals surface area contributed by atoms with Crippen molar-refractivity contribution in [3.05, 3.63) is 12.2 Å². The Morgan fingerprint density at radius 2 is 2.00 bits per heavy atom. The molecule has 0 aromatic carbocycles. The SMILES string of the molecule is C[C@@H]1C=CCN1C(C)(C)C. The van der Waals surface area contributed by atoms with Gasteiger partial charge in [-0.05, 0) is 27.7 Å². The van der Waals surface area contributed by atoms with Crippen LogP contribution in [-0.4, -0.2) is 23.0 Å². The van der Waals surface area contributed by atoms with Gasteiger partial charge in [-0.3, -0.25) is 4.90 Å². The second-order valence-electron chi connectivity index (χ2n) is 3.99. The molecule has 1 atom stereocenters. The monoisotopic (exact) mass is 139 g/mol. The van der Waals surface area contributed by atoms with Gasteiger partial charge in [-0.1, -0.05) is 12.2 Å². The Morgan fingerprint density at radius 3 is 2.20 bits per heavy atom. The Morgan fingerprint density at radius 1 is 1.40 bits per heavy atom. The highest BCUT2D eigenvalue weighted by atomic mass is 15.2. The Hall–Kier alpha value is -0.300. The summed E-state index contributed by atoms with van der Waals surface area (Å²) >= 11 is 0. The maximum absolute atomic E-state index is 2.48. The minimum Gasteiger partial charge on any atom is -0.289 e. The van der Waals surface area contributed by atoms with E-state index < -0.39 is 0 Å². The third-order valence-electron chi connectivity index (χ3n) is 2.07. The number of rotatable bonds is 0. The molecule has 1 aliphatic rings. The van der Waals surface area contributed by atoms with Crippen LogP contribution in [0.3, 0.4) is 0 Å². The maximum Gasteiger partial charge on any atom is 0.0258 e. The van der Waals surface area contributed by atoms with Gasteiger partial charge in [-0.25, -0.2) is 0 Å². The van der Waals surface area contributed by atoms with Gasteiger partial charge >= 0.3 is 0 Å². The number of hydrogen-bond acceptors (Lipinski definition) is 1. The molecule has 1 heterocycles. The Kier molecular flexibility index (Phi) is 1.86. The molecule has 1 nitrogen and oxygen atoms in total. The first kappa shape index (κ1) is 7.80. The summed E-state index contributed by atoms with van der Waals surface area (Å²) < 4.78 is 0. The molecule has 0 aromatic heterocycles. The van der Waals surface area contributed by atoms with Crippen molar-refractivity contribution in [2.45, 2.75) is 39.3 Å². The van der Waals surface area contributed by atoms with Crippen LogP contribution in [0, 0.1) is 0 Å². The van der Waals surface area contributed by atoms with E-state index in [4.69, 9.17) is 0 Å². The topological polar surface area (TPSA) is 3.24 Å². The summed E-state index contributed by atoms with van der Waals surface area (Å²) in [6.45, 7) is 10.1. The molecule has 0 aliphatic carbocycles. The van der Waals surface area contributed by atoms with E-state index in [2.05, 4.69) is 44.7 Å². The molecule has 1 heteroatoms. The normalized spacial score (nSPS) is 27.8. The zero-order chi connectivity index (χ0) is 7.78. The lowest BCUT2D eigenvalue weighted by Gasteiger charge is -2.35. The van der Waals surface area contributed by atoms with Crippen molar-refractivity contribution in [3.63, 3.8) is 0 Å². The highest BCUT2D eigenvalue weighted by molar-refractivity contribution is 5.05. The summed E-state index contributed by atoms with van der Waals surface area (Å²) in [6, 6.07) is 0.625. The fourth-order valence-corrected chi connectivity index (χ4v) is 1.53. The fourth-order valence-electron chi connectivity index (χ4n) is 1.53. The van der Waals surface area contributed by atoms with Crippen molar-refractivity contribution in [2.75, 3.05) is 6.54 Å². The lowest BCUT2D eigenvalue weighted by molar-refractivity contribution is 0.141. The van der Waals surface area contributed by atoms with Crippen LogP contribution in [0.1, 0.15) is 27.7 Å². The van der Waals surface area contributed by atoms with Crippen molar-refractivity contribution in [2.24, 2.45) is 0 Å². The van der Waals surface area contributed by atoms with E-state index in [1.165, 1.54) is 0 Å². The smallest absolute Gasteiger partial charge is 0.0258 e. The summed E-state index contributed by atoms with van der Waals surface area (Å²) in [7, 11) is 0. The zero-order valence-corrected chi connectivity index (χ0v) is 7.39. The Labute approximate surface area is 63.7 Å². The molecule has 0 amide bonds. The molecule has 1 rings (SSSR count). The van der Waals surface area contributed by atoms with Crippen molar-refractivity contribution in [1.29, 1.82) is 0 Å². The van der Waals surface area contributed by atoms with Gasteiger partial charge < -0.3 is 0 Å². The molecule has 0 fully saturated rings. The molecular formula is C9H17N. The van der Waals surface area contributed by atoms with Crippen LogP contribution < -0.4 is 0 Å². The van der Waals surface area contributed by atoms with Gasteiger partial charge in [0.15, 0.2) is 0 Å². The molecule has 58 valence electrons. The average Bonchev–Trinajstić information content (AvgIpc) is 2.11. The minimum absolute atomic E-state index is 0.322. The van der Waals surface area contributed by atoms with Gasteiger partial charge in [0.2, 0.25) is 0 Å². The summed E-state index contributed by atoms with van der Waals surface area (Å²) in [5.74, 6) is 0. The number of hydrogen-bond donors (Lipinski definition) is 0. The van der Waals surface area contributed by atoms with E-state index >= 15 is 0 Å². The fraction of sp³-hybridized carbons (Fsp3) is 0.778. The van der Waals surface area contributed by atoms with Crippen molar-refractivity contribution in [3.8, 4) is 0 Å². The molecule has 0 aromatic rings. The highest BCUT2D eigenvalue weighted by Crippen LogP contribution is 2.20. The second-order valence-corrected chi connectivity index (χ2v) is 3.99. The van der Waals surface area contributed by atoms with Crippen LogP contribution >= 0.6 is 0 Å². The Bertz CT molecular complexity index is 141. The van der Waals surface area contributed by atoms with Crippen LogP contribution in [0.15, 0.2) is 12.2 Å². The quantitative estimate of drug-likeness (QED) is 0.464. The third-order valence-corrected chi connectivity index (χ3v) is 2.07. The third kappa shape index (κ3) is 1.40. The number of nitrogens with zero attached hydrogens (tertiary/aromatic N) is 1. The van der Waals surface area contributed by atoms with Gasteiger partial charge in [0.1, 0.15) is 0 Å². The first-order valence-electron chi connectivity index (χ1n) is 3.95. The van der Waals surface area contributed by atoms with Gasteiger partial charge in [0.05, 0.1) is 0 Å². The predicted molar refractivity (Wildman–Crippen MR) is 45.1 cm³/mol. The van der Waals surface area contributed by atoms with Crippen LogP contribution in [0.4, 0.5) is 0 Å². The molecular weight excluding hydrogens is 122 g/mol. The van der Waals surface area contributed by atoms with Gasteiger partial charge in [-0.2, -0.15) is 0 Å². The average molecular weight is 139 g/mol. The molecule has 0 saturated carbocycles. The molecule has 0 N–H and O–H groups in total. The summed E-state index contributed by atoms with van der Waals surface area (Å²) in [5, 5.41) is 0. The summed E-state index contributed by atoms with van der Waals surface area (Å²) in [4.78, 5) is 2.48. The lowest BCUT2D eigenvalue weighted by atomic mass is 10.1. The highest BCUT2D eigenvalue weighted by Gasteiger charge is 2.26. The minimum atomic E-state index is 0.322. The van der Waals surface area contributed by atoms with Gasteiger partial charge in [0.25, 0.3) is 0 Å². The van der Waals surface area contributed by atoms with E-state index in [1.54, 1.807) is 0 Å². The molecule has 0 radical (unpaired) electrons. The van der Waals surface area contributed by atoms with Gasteiger partial charge in [0, 0.05) is 18.1 Å². The van der Waals surface area contributed by atoms with Crippen LogP contribution in [-0.2, 0) is 0 Å². The second kappa shape index (κ2) is 2.39. The van der Waals surface area contributed by atoms with Crippen molar-refractivity contribution in [1.82, 2.24) is 4.90 Å². The lowest BCUT2D eigenvalue weighted by Crippen LogP contribution is -2.43. The summed E-state index contributed by atoms with van der Waals surface area (Å²) in [5.41, 5.74) is 0.322. The largest absolute Gasteiger partial charge is 0.289 e. The van der Waals surface area contributed by atoms with Crippen molar-refractivity contribution < 1.29 is 0 Å². The van der Waals surface area contributed by atoms with E-state index in [-0.39, 0.29) is 0 Å². The zero-order valence-electron chi connectivity index (χ0n) is 7.39. The predicted octanol–water partition coefficient (Wildman–Crippen LogP) is 2.05. The van der Waals surface area contributed by atoms with Crippen LogP contribution in [0.5, 0.6) is 0 Å².